The van der Waals surface area contributed by atoms with Crippen molar-refractivity contribution in [2.45, 2.75) is 57.0 Å². The molecule has 0 aliphatic carbocycles. The lowest BCUT2D eigenvalue weighted by Gasteiger charge is -2.31. The lowest BCUT2D eigenvalue weighted by Crippen LogP contribution is -2.41. The van der Waals surface area contributed by atoms with Gasteiger partial charge in [-0.15, -0.1) is 5.10 Å². The Hall–Kier alpha value is -4.55. The van der Waals surface area contributed by atoms with Gasteiger partial charge in [-0.2, -0.15) is 17.6 Å². The highest BCUT2D eigenvalue weighted by molar-refractivity contribution is 6.00. The molecule has 0 N–H and O–H groups in total. The van der Waals surface area contributed by atoms with E-state index < -0.39 is 24.8 Å². The van der Waals surface area contributed by atoms with Gasteiger partial charge in [0.1, 0.15) is 6.10 Å². The van der Waals surface area contributed by atoms with Crippen LogP contribution in [-0.2, 0) is 9.53 Å². The summed E-state index contributed by atoms with van der Waals surface area (Å²) in [7, 11) is 3.41. The van der Waals surface area contributed by atoms with Crippen LogP contribution in [-0.4, -0.2) is 83.1 Å². The van der Waals surface area contributed by atoms with Crippen LogP contribution in [0.2, 0.25) is 0 Å². The number of piperidine rings is 1. The minimum absolute atomic E-state index is 0.0417. The van der Waals surface area contributed by atoms with Crippen LogP contribution in [0.15, 0.2) is 79.0 Å². The Bertz CT molecular complexity index is 1830. The number of carbonyl (C=O) groups excluding carboxylic acids is 1. The minimum atomic E-state index is -4.52. The van der Waals surface area contributed by atoms with E-state index in [2.05, 4.69) is 15.0 Å². The van der Waals surface area contributed by atoms with Crippen molar-refractivity contribution in [1.82, 2.24) is 24.6 Å². The normalized spacial score (nSPS) is 19.5. The van der Waals surface area contributed by atoms with Crippen LogP contribution in [0.5, 0.6) is 5.88 Å². The molecule has 0 radical (unpaired) electrons. The van der Waals surface area contributed by atoms with Gasteiger partial charge in [0.05, 0.1) is 17.3 Å². The fourth-order valence-electron chi connectivity index (χ4n) is 6.58. The molecule has 2 fully saturated rings. The summed E-state index contributed by atoms with van der Waals surface area (Å²) in [6.07, 6.45) is 2.92. The molecule has 6 rings (SSSR count). The number of ether oxygens (including phenoxy) is 2. The molecule has 1 amide bonds. The number of hydrogen-bond acceptors (Lipinski definition) is 6. The summed E-state index contributed by atoms with van der Waals surface area (Å²) in [6.45, 7) is 2.68. The van der Waals surface area contributed by atoms with Crippen LogP contribution in [0.3, 0.4) is 0 Å². The van der Waals surface area contributed by atoms with Gasteiger partial charge in [0.2, 0.25) is 17.7 Å². The second-order valence-electron chi connectivity index (χ2n) is 13.0. The highest BCUT2D eigenvalue weighted by Gasteiger charge is 2.32. The first-order chi connectivity index (χ1) is 24.1. The molecule has 2 aromatic heterocycles. The first kappa shape index (κ1) is 35.3. The topological polar surface area (TPSA) is 72.7 Å². The van der Waals surface area contributed by atoms with Crippen molar-refractivity contribution in [3.63, 3.8) is 0 Å². The van der Waals surface area contributed by atoms with Crippen LogP contribution in [0.1, 0.15) is 61.4 Å². The van der Waals surface area contributed by atoms with Crippen LogP contribution in [0.4, 0.5) is 17.6 Å². The van der Waals surface area contributed by atoms with Gasteiger partial charge in [-0.3, -0.25) is 9.69 Å². The summed E-state index contributed by atoms with van der Waals surface area (Å²) in [4.78, 5) is 20.1. The van der Waals surface area contributed by atoms with E-state index in [4.69, 9.17) is 9.47 Å². The van der Waals surface area contributed by atoms with Gasteiger partial charge in [-0.05, 0) is 79.1 Å². The predicted octanol–water partition coefficient (Wildman–Crippen LogP) is 7.67. The number of pyridine rings is 1. The predicted molar refractivity (Wildman–Crippen MR) is 184 cm³/mol. The van der Waals surface area contributed by atoms with Crippen LogP contribution < -0.4 is 4.74 Å². The van der Waals surface area contributed by atoms with Crippen LogP contribution in [0.25, 0.3) is 22.0 Å². The molecule has 2 saturated heterocycles. The van der Waals surface area contributed by atoms with Gasteiger partial charge in [0, 0.05) is 57.7 Å². The maximum absolute atomic E-state index is 15.4. The molecule has 0 bridgehead atoms. The Labute approximate surface area is 289 Å². The summed E-state index contributed by atoms with van der Waals surface area (Å²) < 4.78 is 71.7. The summed E-state index contributed by atoms with van der Waals surface area (Å²) in [5.41, 5.74) is 2.08. The van der Waals surface area contributed by atoms with Gasteiger partial charge in [-0.1, -0.05) is 42.5 Å². The van der Waals surface area contributed by atoms with Gasteiger partial charge >= 0.3 is 6.18 Å². The number of likely N-dealkylation sites (tertiary alicyclic amines) is 1. The van der Waals surface area contributed by atoms with Gasteiger partial charge < -0.3 is 14.4 Å². The molecule has 12 heteroatoms. The molecular weight excluding hydrogens is 650 g/mol. The zero-order valence-corrected chi connectivity index (χ0v) is 28.2. The molecule has 4 aromatic rings. The number of benzene rings is 2. The summed E-state index contributed by atoms with van der Waals surface area (Å²) in [5, 5.41) is 4.33. The first-order valence-electron chi connectivity index (χ1n) is 16.9. The number of hydrogen-bond donors (Lipinski definition) is 0. The number of halogens is 4. The van der Waals surface area contributed by atoms with E-state index >= 15 is 4.39 Å². The summed E-state index contributed by atoms with van der Waals surface area (Å²) in [6, 6.07) is 16.8. The number of rotatable bonds is 10. The Morgan fingerprint density at radius 1 is 1.02 bits per heavy atom. The van der Waals surface area contributed by atoms with Crippen LogP contribution >= 0.6 is 0 Å². The Balaban J connectivity index is 1.33. The Morgan fingerprint density at radius 2 is 1.82 bits per heavy atom. The molecule has 0 saturated carbocycles. The highest BCUT2D eigenvalue weighted by Crippen LogP contribution is 2.40. The van der Waals surface area contributed by atoms with E-state index in [1.54, 1.807) is 80.8 Å². The fraction of sp³-hybridized carbons (Fsp3) is 0.395. The molecule has 264 valence electrons. The molecule has 2 aliphatic heterocycles. The third-order valence-corrected chi connectivity index (χ3v) is 9.02. The zero-order chi connectivity index (χ0) is 35.3. The minimum Gasteiger partial charge on any atom is -0.473 e. The lowest BCUT2D eigenvalue weighted by atomic mass is 9.88. The molecule has 0 spiro atoms. The van der Waals surface area contributed by atoms with E-state index in [0.717, 1.165) is 32.2 Å². The Kier molecular flexibility index (Phi) is 11.0. The number of aromatic nitrogens is 3. The number of amides is 1. The van der Waals surface area contributed by atoms with Gasteiger partial charge in [-0.25, -0.2) is 9.67 Å². The van der Waals surface area contributed by atoms with Crippen molar-refractivity contribution >= 4 is 28.0 Å². The van der Waals surface area contributed by atoms with E-state index in [1.165, 1.54) is 15.8 Å². The summed E-state index contributed by atoms with van der Waals surface area (Å²) in [5.74, 6) is -0.436. The maximum Gasteiger partial charge on any atom is 0.393 e. The number of nitrogens with zero attached hydrogens (tertiary/aromatic N) is 5. The van der Waals surface area contributed by atoms with E-state index in [1.807, 2.05) is 6.08 Å². The number of fused-ring (bicyclic) bond motifs is 1. The van der Waals surface area contributed by atoms with Crippen molar-refractivity contribution < 1.29 is 31.8 Å². The molecular formula is C38H41F4N5O3. The molecule has 2 aliphatic rings. The molecule has 0 unspecified atom stereocenters. The van der Waals surface area contributed by atoms with Crippen molar-refractivity contribution in [2.24, 2.45) is 0 Å². The van der Waals surface area contributed by atoms with Crippen molar-refractivity contribution in [2.75, 3.05) is 40.3 Å². The molecule has 8 nitrogen and oxygen atoms in total. The van der Waals surface area contributed by atoms with Crippen molar-refractivity contribution in [3.05, 3.63) is 102 Å². The van der Waals surface area contributed by atoms with Gasteiger partial charge in [0.25, 0.3) is 0 Å². The standard InChI is InChI=1S/C38H41F4N5O3/c1-45(2)34(48)13-9-20-46-19-8-12-29(25-46)50-33-18-16-28(24-43-33)36(31(23-38(40,41)42)26-10-4-3-5-11-26)27-15-17-32-30(22-27)37(39)44-47(32)35-14-6-7-21-49-35/h3-5,9-11,13,15-18,22,24,29,35H,6-8,12,14,19-21,23,25H2,1-2H3/b13-9+,36-31-/t29-,35-/m0/s1. The van der Waals surface area contributed by atoms with E-state index in [0.29, 0.717) is 59.8 Å². The van der Waals surface area contributed by atoms with Gasteiger partial charge in [0.15, 0.2) is 6.23 Å². The molecule has 50 heavy (non-hydrogen) atoms. The largest absolute Gasteiger partial charge is 0.473 e. The van der Waals surface area contributed by atoms with Crippen molar-refractivity contribution in [3.8, 4) is 5.88 Å². The first-order valence-corrected chi connectivity index (χ1v) is 16.9. The number of alkyl halides is 3. The van der Waals surface area contributed by atoms with Crippen molar-refractivity contribution in [1.29, 1.82) is 0 Å². The monoisotopic (exact) mass is 691 g/mol. The average molecular weight is 692 g/mol. The molecule has 4 heterocycles. The van der Waals surface area contributed by atoms with E-state index in [9.17, 15) is 18.0 Å². The number of carbonyl (C=O) groups is 1. The van der Waals surface area contributed by atoms with Crippen LogP contribution in [0, 0.1) is 5.95 Å². The Morgan fingerprint density at radius 3 is 2.52 bits per heavy atom. The second kappa shape index (κ2) is 15.6. The zero-order valence-electron chi connectivity index (χ0n) is 28.2. The smallest absolute Gasteiger partial charge is 0.393 e. The lowest BCUT2D eigenvalue weighted by molar-refractivity contribution is -0.124. The SMILES string of the molecule is CN(C)C(=O)/C=C/CN1CCC[C@H](Oc2ccc(/C(=C(/CC(F)(F)F)c3ccccc3)c3ccc4c(c3)c(F)nn4[C@@H]3CCCCO3)cn2)C1. The number of likely N-dealkylation sites (N-methyl/N-ethyl adjacent to an activating group) is 1. The fourth-order valence-corrected chi connectivity index (χ4v) is 6.58. The highest BCUT2D eigenvalue weighted by atomic mass is 19.4. The average Bonchev–Trinajstić information content (AvgIpc) is 3.44. The summed E-state index contributed by atoms with van der Waals surface area (Å²) >= 11 is 0. The number of allylic oxidation sites excluding steroid dienone is 1. The molecule has 2 atom stereocenters. The second-order valence-corrected chi connectivity index (χ2v) is 13.0. The quantitative estimate of drug-likeness (QED) is 0.0966. The molecule has 2 aromatic carbocycles. The third kappa shape index (κ3) is 8.59. The maximum atomic E-state index is 15.4. The van der Waals surface area contributed by atoms with E-state index in [-0.39, 0.29) is 23.0 Å². The third-order valence-electron chi connectivity index (χ3n) is 9.02.